The molecule has 1 unspecified atom stereocenters. The second kappa shape index (κ2) is 9.44. The number of rotatable bonds is 8. The summed E-state index contributed by atoms with van der Waals surface area (Å²) in [6.07, 6.45) is 0.833. The summed E-state index contributed by atoms with van der Waals surface area (Å²) >= 11 is 3.23. The highest BCUT2D eigenvalue weighted by Crippen LogP contribution is 2.23. The second-order valence-corrected chi connectivity index (χ2v) is 7.01. The highest BCUT2D eigenvalue weighted by atomic mass is 32.2. The Labute approximate surface area is 149 Å². The molecule has 2 aromatic rings. The van der Waals surface area contributed by atoms with Crippen molar-refractivity contribution >= 4 is 35.0 Å². The van der Waals surface area contributed by atoms with Crippen LogP contribution in [-0.2, 0) is 15.3 Å². The molecule has 0 aliphatic carbocycles. The summed E-state index contributed by atoms with van der Waals surface area (Å²) in [5.74, 6) is 0.0155. The maximum Gasteiger partial charge on any atom is 0.338 e. The SMILES string of the molecule is CCC(C)NC(=O)COC(=O)c1ccc(SCc2cscn2)cc1. The number of nitrogens with zero attached hydrogens (tertiary/aromatic N) is 1. The molecular formula is C17H20N2O3S2. The Hall–Kier alpha value is -1.86. The number of carbonyl (C=O) groups is 2. The van der Waals surface area contributed by atoms with Crippen molar-refractivity contribution in [3.05, 3.63) is 46.4 Å². The Bertz CT molecular complexity index is 657. The molecule has 1 atom stereocenters. The lowest BCUT2D eigenvalue weighted by molar-refractivity contribution is -0.124. The first-order valence-corrected chi connectivity index (χ1v) is 9.57. The molecule has 0 saturated carbocycles. The van der Waals surface area contributed by atoms with Gasteiger partial charge in [0.25, 0.3) is 5.91 Å². The lowest BCUT2D eigenvalue weighted by Gasteiger charge is -2.11. The minimum absolute atomic E-state index is 0.0743. The van der Waals surface area contributed by atoms with Crippen LogP contribution in [0.5, 0.6) is 0 Å². The number of carbonyl (C=O) groups excluding carboxylic acids is 2. The summed E-state index contributed by atoms with van der Waals surface area (Å²) in [4.78, 5) is 28.8. The first kappa shape index (κ1) is 18.5. The summed E-state index contributed by atoms with van der Waals surface area (Å²) in [6, 6.07) is 7.22. The minimum Gasteiger partial charge on any atom is -0.452 e. The van der Waals surface area contributed by atoms with E-state index < -0.39 is 5.97 Å². The fourth-order valence-electron chi connectivity index (χ4n) is 1.79. The van der Waals surface area contributed by atoms with E-state index in [2.05, 4.69) is 10.3 Å². The summed E-state index contributed by atoms with van der Waals surface area (Å²) < 4.78 is 5.03. The Kier molecular flexibility index (Phi) is 7.27. The van der Waals surface area contributed by atoms with Crippen LogP contribution in [0.4, 0.5) is 0 Å². The molecule has 1 N–H and O–H groups in total. The van der Waals surface area contributed by atoms with E-state index >= 15 is 0 Å². The molecular weight excluding hydrogens is 344 g/mol. The molecule has 0 fully saturated rings. The predicted octanol–water partition coefficient (Wildman–Crippen LogP) is 3.51. The standard InChI is InChI=1S/C17H20N2O3S2/c1-3-12(2)19-16(20)8-22-17(21)13-4-6-15(7-5-13)24-10-14-9-23-11-18-14/h4-7,9,11-12H,3,8,10H2,1-2H3,(H,19,20). The molecule has 2 rings (SSSR count). The van der Waals surface area contributed by atoms with Gasteiger partial charge in [-0.2, -0.15) is 0 Å². The van der Waals surface area contributed by atoms with Gasteiger partial charge in [0.2, 0.25) is 0 Å². The molecule has 5 nitrogen and oxygen atoms in total. The molecule has 0 saturated heterocycles. The van der Waals surface area contributed by atoms with E-state index in [-0.39, 0.29) is 18.6 Å². The van der Waals surface area contributed by atoms with E-state index in [1.807, 2.05) is 36.9 Å². The molecule has 0 aliphatic rings. The van der Waals surface area contributed by atoms with Gasteiger partial charge in [-0.05, 0) is 37.6 Å². The van der Waals surface area contributed by atoms with Crippen LogP contribution in [0, 0.1) is 0 Å². The van der Waals surface area contributed by atoms with Crippen LogP contribution in [0.15, 0.2) is 40.1 Å². The number of hydrogen-bond acceptors (Lipinski definition) is 6. The summed E-state index contributed by atoms with van der Waals surface area (Å²) in [5.41, 5.74) is 3.29. The largest absolute Gasteiger partial charge is 0.452 e. The van der Waals surface area contributed by atoms with Gasteiger partial charge in [0.15, 0.2) is 6.61 Å². The number of hydrogen-bond donors (Lipinski definition) is 1. The fraction of sp³-hybridized carbons (Fsp3) is 0.353. The van der Waals surface area contributed by atoms with Gasteiger partial charge in [-0.3, -0.25) is 4.79 Å². The van der Waals surface area contributed by atoms with Crippen molar-refractivity contribution in [2.45, 2.75) is 37.0 Å². The third kappa shape index (κ3) is 5.98. The molecule has 128 valence electrons. The summed E-state index contributed by atoms with van der Waals surface area (Å²) in [7, 11) is 0. The van der Waals surface area contributed by atoms with Crippen LogP contribution < -0.4 is 5.32 Å². The number of thioether (sulfide) groups is 1. The van der Waals surface area contributed by atoms with E-state index in [1.54, 1.807) is 35.2 Å². The third-order valence-electron chi connectivity index (χ3n) is 3.31. The van der Waals surface area contributed by atoms with Crippen molar-refractivity contribution in [1.82, 2.24) is 10.3 Å². The van der Waals surface area contributed by atoms with E-state index in [1.165, 1.54) is 0 Å². The molecule has 0 aliphatic heterocycles. The first-order chi connectivity index (χ1) is 11.6. The van der Waals surface area contributed by atoms with Crippen LogP contribution in [0.1, 0.15) is 36.3 Å². The zero-order valence-corrected chi connectivity index (χ0v) is 15.3. The van der Waals surface area contributed by atoms with E-state index in [0.29, 0.717) is 5.56 Å². The van der Waals surface area contributed by atoms with Gasteiger partial charge in [-0.25, -0.2) is 9.78 Å². The van der Waals surface area contributed by atoms with Crippen molar-refractivity contribution in [2.75, 3.05) is 6.61 Å². The third-order valence-corrected chi connectivity index (χ3v) is 5.00. The fourth-order valence-corrected chi connectivity index (χ4v) is 3.25. The molecule has 1 aromatic heterocycles. The van der Waals surface area contributed by atoms with Crippen LogP contribution in [0.25, 0.3) is 0 Å². The van der Waals surface area contributed by atoms with Gasteiger partial charge in [-0.1, -0.05) is 6.92 Å². The van der Waals surface area contributed by atoms with E-state index in [9.17, 15) is 9.59 Å². The molecule has 7 heteroatoms. The lowest BCUT2D eigenvalue weighted by Crippen LogP contribution is -2.35. The highest BCUT2D eigenvalue weighted by Gasteiger charge is 2.11. The van der Waals surface area contributed by atoms with Crippen LogP contribution in [0.3, 0.4) is 0 Å². The summed E-state index contributed by atoms with van der Waals surface area (Å²) in [5, 5.41) is 4.77. The number of benzene rings is 1. The van der Waals surface area contributed by atoms with Gasteiger partial charge < -0.3 is 10.1 Å². The average Bonchev–Trinajstić information content (AvgIpc) is 3.11. The second-order valence-electron chi connectivity index (χ2n) is 5.25. The van der Waals surface area contributed by atoms with Crippen molar-refractivity contribution < 1.29 is 14.3 Å². The molecule has 1 heterocycles. The summed E-state index contributed by atoms with van der Waals surface area (Å²) in [6.45, 7) is 3.62. The van der Waals surface area contributed by atoms with Gasteiger partial charge in [0.1, 0.15) is 0 Å². The van der Waals surface area contributed by atoms with Crippen molar-refractivity contribution in [3.63, 3.8) is 0 Å². The van der Waals surface area contributed by atoms with Crippen LogP contribution in [-0.4, -0.2) is 29.5 Å². The quantitative estimate of drug-likeness (QED) is 0.573. The van der Waals surface area contributed by atoms with Crippen LogP contribution >= 0.6 is 23.1 Å². The molecule has 0 radical (unpaired) electrons. The zero-order chi connectivity index (χ0) is 17.4. The monoisotopic (exact) mass is 364 g/mol. The van der Waals surface area contributed by atoms with Gasteiger partial charge in [0, 0.05) is 22.1 Å². The molecule has 1 aromatic carbocycles. The van der Waals surface area contributed by atoms with Crippen molar-refractivity contribution in [1.29, 1.82) is 0 Å². The van der Waals surface area contributed by atoms with E-state index in [4.69, 9.17) is 4.74 Å². The molecule has 24 heavy (non-hydrogen) atoms. The Morgan fingerprint density at radius 1 is 1.33 bits per heavy atom. The lowest BCUT2D eigenvalue weighted by atomic mass is 10.2. The highest BCUT2D eigenvalue weighted by molar-refractivity contribution is 7.98. The normalized spacial score (nSPS) is 11.8. The van der Waals surface area contributed by atoms with Gasteiger partial charge >= 0.3 is 5.97 Å². The maximum atomic E-state index is 11.9. The Balaban J connectivity index is 1.79. The minimum atomic E-state index is -0.495. The van der Waals surface area contributed by atoms with E-state index in [0.717, 1.165) is 22.8 Å². The Morgan fingerprint density at radius 3 is 2.71 bits per heavy atom. The molecule has 1 amide bonds. The maximum absolute atomic E-state index is 11.9. The number of thiazole rings is 1. The first-order valence-electron chi connectivity index (χ1n) is 7.65. The van der Waals surface area contributed by atoms with Gasteiger partial charge in [0.05, 0.1) is 16.8 Å². The number of esters is 1. The van der Waals surface area contributed by atoms with Crippen molar-refractivity contribution in [3.8, 4) is 0 Å². The number of nitrogens with one attached hydrogen (secondary N) is 1. The predicted molar refractivity (Wildman–Crippen MR) is 96.3 cm³/mol. The number of aromatic nitrogens is 1. The Morgan fingerprint density at radius 2 is 2.08 bits per heavy atom. The van der Waals surface area contributed by atoms with Gasteiger partial charge in [-0.15, -0.1) is 23.1 Å². The molecule has 0 bridgehead atoms. The molecule has 0 spiro atoms. The van der Waals surface area contributed by atoms with Crippen LogP contribution in [0.2, 0.25) is 0 Å². The van der Waals surface area contributed by atoms with Crippen molar-refractivity contribution in [2.24, 2.45) is 0 Å². The number of ether oxygens (including phenoxy) is 1. The average molecular weight is 364 g/mol. The topological polar surface area (TPSA) is 68.3 Å². The smallest absolute Gasteiger partial charge is 0.338 e. The number of amides is 1. The zero-order valence-electron chi connectivity index (χ0n) is 13.7.